The monoisotopic (exact) mass is 378 g/mol. The zero-order valence-electron chi connectivity index (χ0n) is 15.5. The number of rotatable bonds is 7. The Morgan fingerprint density at radius 3 is 1.79 bits per heavy atom. The molecule has 0 fully saturated rings. The third-order valence-electron chi connectivity index (χ3n) is 4.52. The molecule has 0 heterocycles. The van der Waals surface area contributed by atoms with Gasteiger partial charge in [-0.1, -0.05) is 66.7 Å². The molecule has 1 aliphatic carbocycles. The van der Waals surface area contributed by atoms with Crippen molar-refractivity contribution in [1.82, 2.24) is 0 Å². The van der Waals surface area contributed by atoms with Gasteiger partial charge in [0.1, 0.15) is 19.0 Å². The minimum Gasteiger partial charge on any atom is -0.460 e. The van der Waals surface area contributed by atoms with E-state index < -0.39 is 17.9 Å². The molecule has 0 atom stereocenters. The molecule has 144 valence electrons. The van der Waals surface area contributed by atoms with Crippen LogP contribution in [0.5, 0.6) is 0 Å². The van der Waals surface area contributed by atoms with E-state index >= 15 is 0 Å². The van der Waals surface area contributed by atoms with Gasteiger partial charge in [0.05, 0.1) is 0 Å². The third kappa shape index (κ3) is 5.39. The molecular weight excluding hydrogens is 356 g/mol. The molecule has 28 heavy (non-hydrogen) atoms. The number of esters is 2. The van der Waals surface area contributed by atoms with Crippen LogP contribution in [0.3, 0.4) is 0 Å². The Balaban J connectivity index is 1.70. The van der Waals surface area contributed by atoms with Crippen molar-refractivity contribution in [1.29, 1.82) is 0 Å². The molecule has 5 nitrogen and oxygen atoms in total. The van der Waals surface area contributed by atoms with Gasteiger partial charge in [0.15, 0.2) is 5.92 Å². The van der Waals surface area contributed by atoms with E-state index in [9.17, 15) is 14.4 Å². The van der Waals surface area contributed by atoms with Crippen LogP contribution in [0, 0.1) is 5.92 Å². The number of ketones is 1. The van der Waals surface area contributed by atoms with Gasteiger partial charge in [-0.25, -0.2) is 0 Å². The first-order valence-electron chi connectivity index (χ1n) is 9.25. The number of hydrogen-bond donors (Lipinski definition) is 0. The van der Waals surface area contributed by atoms with Crippen molar-refractivity contribution in [3.05, 3.63) is 83.4 Å². The Bertz CT molecular complexity index is 800. The summed E-state index contributed by atoms with van der Waals surface area (Å²) in [6.45, 7) is 0.118. The summed E-state index contributed by atoms with van der Waals surface area (Å²) in [4.78, 5) is 37.2. The van der Waals surface area contributed by atoms with Gasteiger partial charge in [-0.2, -0.15) is 0 Å². The van der Waals surface area contributed by atoms with Crippen LogP contribution < -0.4 is 0 Å². The van der Waals surface area contributed by atoms with Gasteiger partial charge in [-0.05, 0) is 23.1 Å². The topological polar surface area (TPSA) is 69.7 Å². The van der Waals surface area contributed by atoms with Crippen molar-refractivity contribution in [3.63, 3.8) is 0 Å². The molecule has 1 aliphatic rings. The average molecular weight is 378 g/mol. The molecule has 0 saturated heterocycles. The van der Waals surface area contributed by atoms with E-state index in [1.54, 1.807) is 6.08 Å². The lowest BCUT2D eigenvalue weighted by molar-refractivity contribution is -0.161. The number of carbonyl (C=O) groups excluding carboxylic acids is 3. The van der Waals surface area contributed by atoms with Gasteiger partial charge >= 0.3 is 11.9 Å². The largest absolute Gasteiger partial charge is 0.460 e. The summed E-state index contributed by atoms with van der Waals surface area (Å²) in [5, 5.41) is 0. The minimum absolute atomic E-state index is 0.00854. The van der Waals surface area contributed by atoms with E-state index in [0.29, 0.717) is 18.4 Å². The lowest BCUT2D eigenvalue weighted by Crippen LogP contribution is -2.31. The van der Waals surface area contributed by atoms with Gasteiger partial charge in [-0.15, -0.1) is 0 Å². The molecule has 5 heteroatoms. The number of ether oxygens (including phenoxy) is 2. The lowest BCUT2D eigenvalue weighted by Gasteiger charge is -2.20. The average Bonchev–Trinajstić information content (AvgIpc) is 2.72. The molecule has 0 aliphatic heterocycles. The number of allylic oxidation sites excluding steroid dienone is 1. The maximum absolute atomic E-state index is 12.7. The molecule has 0 saturated carbocycles. The smallest absolute Gasteiger partial charge is 0.324 e. The SMILES string of the molecule is O=C1CCC=C(C(C(=O)OCc2ccccc2)C(=O)OCc2ccccc2)C1. The van der Waals surface area contributed by atoms with Crippen molar-refractivity contribution in [3.8, 4) is 0 Å². The van der Waals surface area contributed by atoms with Crippen LogP contribution in [0.1, 0.15) is 30.4 Å². The highest BCUT2D eigenvalue weighted by atomic mass is 16.6. The molecule has 2 aromatic rings. The van der Waals surface area contributed by atoms with Crippen LogP contribution in [0.25, 0.3) is 0 Å². The minimum atomic E-state index is -1.21. The fourth-order valence-corrected chi connectivity index (χ4v) is 3.05. The molecule has 0 spiro atoms. The van der Waals surface area contributed by atoms with E-state index in [1.165, 1.54) is 0 Å². The van der Waals surface area contributed by atoms with Crippen LogP contribution >= 0.6 is 0 Å². The highest BCUT2D eigenvalue weighted by molar-refractivity contribution is 6.00. The van der Waals surface area contributed by atoms with E-state index in [4.69, 9.17) is 9.47 Å². The second-order valence-corrected chi connectivity index (χ2v) is 6.65. The summed E-state index contributed by atoms with van der Waals surface area (Å²) in [5.74, 6) is -2.59. The zero-order valence-corrected chi connectivity index (χ0v) is 15.5. The predicted molar refractivity (Wildman–Crippen MR) is 103 cm³/mol. The van der Waals surface area contributed by atoms with Crippen LogP contribution in [-0.2, 0) is 37.1 Å². The molecule has 0 aromatic heterocycles. The van der Waals surface area contributed by atoms with Crippen molar-refractivity contribution in [2.24, 2.45) is 5.92 Å². The maximum Gasteiger partial charge on any atom is 0.324 e. The lowest BCUT2D eigenvalue weighted by atomic mass is 9.88. The van der Waals surface area contributed by atoms with Crippen LogP contribution in [0.2, 0.25) is 0 Å². The van der Waals surface area contributed by atoms with Crippen LogP contribution in [0.4, 0.5) is 0 Å². The molecule has 0 N–H and O–H groups in total. The van der Waals surface area contributed by atoms with Crippen molar-refractivity contribution in [2.75, 3.05) is 0 Å². The van der Waals surface area contributed by atoms with Crippen molar-refractivity contribution >= 4 is 17.7 Å². The molecule has 3 rings (SSSR count). The second-order valence-electron chi connectivity index (χ2n) is 6.65. The molecule has 0 radical (unpaired) electrons. The summed E-state index contributed by atoms with van der Waals surface area (Å²) in [7, 11) is 0. The fourth-order valence-electron chi connectivity index (χ4n) is 3.05. The van der Waals surface area contributed by atoms with Gasteiger partial charge in [0.2, 0.25) is 0 Å². The second kappa shape index (κ2) is 9.65. The molecule has 2 aromatic carbocycles. The highest BCUT2D eigenvalue weighted by Gasteiger charge is 2.35. The van der Waals surface area contributed by atoms with Gasteiger partial charge < -0.3 is 9.47 Å². The number of benzene rings is 2. The quantitative estimate of drug-likeness (QED) is 0.417. The summed E-state index contributed by atoms with van der Waals surface area (Å²) < 4.78 is 10.7. The summed E-state index contributed by atoms with van der Waals surface area (Å²) in [6, 6.07) is 18.4. The van der Waals surface area contributed by atoms with E-state index in [2.05, 4.69) is 0 Å². The summed E-state index contributed by atoms with van der Waals surface area (Å²) in [6.07, 6.45) is 2.79. The normalized spacial score (nSPS) is 13.8. The Morgan fingerprint density at radius 1 is 0.821 bits per heavy atom. The highest BCUT2D eigenvalue weighted by Crippen LogP contribution is 2.25. The van der Waals surface area contributed by atoms with Gasteiger partial charge in [0.25, 0.3) is 0 Å². The summed E-state index contributed by atoms with van der Waals surface area (Å²) >= 11 is 0. The molecule has 0 amide bonds. The number of carbonyl (C=O) groups is 3. The van der Waals surface area contributed by atoms with Crippen LogP contribution in [0.15, 0.2) is 72.3 Å². The van der Waals surface area contributed by atoms with Gasteiger partial charge in [-0.3, -0.25) is 14.4 Å². The Morgan fingerprint density at radius 2 is 1.32 bits per heavy atom. The predicted octanol–water partition coefficient (Wildman–Crippen LogP) is 3.77. The van der Waals surface area contributed by atoms with Crippen LogP contribution in [-0.4, -0.2) is 17.7 Å². The Hall–Kier alpha value is -3.21. The Labute approximate surface area is 164 Å². The first kappa shape index (κ1) is 19.5. The van der Waals surface area contributed by atoms with Crippen molar-refractivity contribution < 1.29 is 23.9 Å². The summed E-state index contributed by atoms with van der Waals surface area (Å²) in [5.41, 5.74) is 2.11. The molecule has 0 unspecified atom stereocenters. The first-order valence-corrected chi connectivity index (χ1v) is 9.25. The van der Waals surface area contributed by atoms with Crippen molar-refractivity contribution in [2.45, 2.75) is 32.5 Å². The molecular formula is C23H22O5. The Kier molecular flexibility index (Phi) is 6.73. The number of Topliss-reactive ketones (excluding diaryl/α,β-unsaturated/α-hetero) is 1. The zero-order chi connectivity index (χ0) is 19.8. The molecule has 0 bridgehead atoms. The third-order valence-corrected chi connectivity index (χ3v) is 4.52. The van der Waals surface area contributed by atoms with Gasteiger partial charge in [0, 0.05) is 12.8 Å². The number of hydrogen-bond acceptors (Lipinski definition) is 5. The van der Waals surface area contributed by atoms with E-state index in [-0.39, 0.29) is 25.4 Å². The first-order chi connectivity index (χ1) is 13.6. The van der Waals surface area contributed by atoms with E-state index in [1.807, 2.05) is 60.7 Å². The maximum atomic E-state index is 12.7. The fraction of sp³-hybridized carbons (Fsp3) is 0.261. The van der Waals surface area contributed by atoms with E-state index in [0.717, 1.165) is 11.1 Å². The standard InChI is InChI=1S/C23H22O5/c24-20-13-7-12-19(14-20)21(22(25)27-15-17-8-3-1-4-9-17)23(26)28-16-18-10-5-2-6-11-18/h1-6,8-12,21H,7,13-16H2.